The smallest absolute Gasteiger partial charge is 0.146 e. The third kappa shape index (κ3) is 3.26. The lowest BCUT2D eigenvalue weighted by molar-refractivity contribution is 0.592. The second-order valence-electron chi connectivity index (χ2n) is 4.81. The van der Waals surface area contributed by atoms with Crippen LogP contribution in [0, 0.1) is 18.6 Å². The van der Waals surface area contributed by atoms with Crippen molar-refractivity contribution in [3.63, 3.8) is 0 Å². The van der Waals surface area contributed by atoms with Gasteiger partial charge >= 0.3 is 0 Å². The van der Waals surface area contributed by atoms with Crippen LogP contribution in [0.3, 0.4) is 0 Å². The van der Waals surface area contributed by atoms with Crippen LogP contribution in [-0.4, -0.2) is 9.78 Å². The van der Waals surface area contributed by atoms with Crippen LogP contribution < -0.4 is 5.32 Å². The highest BCUT2D eigenvalue weighted by Gasteiger charge is 2.14. The summed E-state index contributed by atoms with van der Waals surface area (Å²) >= 11 is 3.53. The number of aromatic nitrogens is 2. The van der Waals surface area contributed by atoms with E-state index in [1.807, 2.05) is 18.5 Å². The fraction of sp³-hybridized carbons (Fsp3) is 0.400. The average Bonchev–Trinajstić information content (AvgIpc) is 2.77. The van der Waals surface area contributed by atoms with E-state index in [9.17, 15) is 8.78 Å². The van der Waals surface area contributed by atoms with Gasteiger partial charge in [-0.05, 0) is 47.8 Å². The van der Waals surface area contributed by atoms with E-state index in [4.69, 9.17) is 0 Å². The largest absolute Gasteiger partial charge is 0.377 e. The highest BCUT2D eigenvalue weighted by atomic mass is 79.9. The number of nitrogens with one attached hydrogen (secondary N) is 1. The quantitative estimate of drug-likeness (QED) is 0.857. The van der Waals surface area contributed by atoms with Gasteiger partial charge in [-0.1, -0.05) is 6.92 Å². The number of anilines is 1. The van der Waals surface area contributed by atoms with Crippen LogP contribution in [0.15, 0.2) is 16.6 Å². The molecular formula is C15H18BrF2N3. The van der Waals surface area contributed by atoms with Crippen LogP contribution >= 0.6 is 15.9 Å². The van der Waals surface area contributed by atoms with Gasteiger partial charge in [0.05, 0.1) is 28.1 Å². The van der Waals surface area contributed by atoms with E-state index >= 15 is 0 Å². The molecule has 2 rings (SSSR count). The van der Waals surface area contributed by atoms with E-state index in [0.717, 1.165) is 28.8 Å². The molecule has 6 heteroatoms. The lowest BCUT2D eigenvalue weighted by Crippen LogP contribution is -2.09. The number of rotatable bonds is 5. The number of benzene rings is 1. The standard InChI is InChI=1S/C15H18BrF2N3/c1-4-12-15(16)14(21(5-2)20-12)8-19-13-7-10(17)9(3)6-11(13)18/h6-7,19H,4-5,8H2,1-3H3. The van der Waals surface area contributed by atoms with Crippen molar-refractivity contribution in [3.05, 3.63) is 45.2 Å². The van der Waals surface area contributed by atoms with Crippen LogP contribution in [0.25, 0.3) is 0 Å². The molecule has 0 saturated carbocycles. The molecule has 0 fully saturated rings. The van der Waals surface area contributed by atoms with Crippen molar-refractivity contribution in [2.24, 2.45) is 0 Å². The van der Waals surface area contributed by atoms with E-state index in [0.29, 0.717) is 12.1 Å². The lowest BCUT2D eigenvalue weighted by Gasteiger charge is -2.10. The molecule has 2 aromatic rings. The molecule has 114 valence electrons. The van der Waals surface area contributed by atoms with Crippen molar-refractivity contribution in [1.29, 1.82) is 0 Å². The predicted octanol–water partition coefficient (Wildman–Crippen LogP) is 4.43. The highest BCUT2D eigenvalue weighted by molar-refractivity contribution is 9.10. The molecule has 0 bridgehead atoms. The maximum absolute atomic E-state index is 13.8. The molecule has 1 heterocycles. The molecule has 0 spiro atoms. The van der Waals surface area contributed by atoms with E-state index < -0.39 is 11.6 Å². The first kappa shape index (κ1) is 15.9. The monoisotopic (exact) mass is 357 g/mol. The number of hydrogen-bond donors (Lipinski definition) is 1. The minimum Gasteiger partial charge on any atom is -0.377 e. The summed E-state index contributed by atoms with van der Waals surface area (Å²) in [6.07, 6.45) is 0.814. The minimum absolute atomic E-state index is 0.159. The lowest BCUT2D eigenvalue weighted by atomic mass is 10.2. The first-order valence-electron chi connectivity index (χ1n) is 6.91. The van der Waals surface area contributed by atoms with Gasteiger partial charge in [0.25, 0.3) is 0 Å². The minimum atomic E-state index is -0.455. The third-order valence-corrected chi connectivity index (χ3v) is 4.30. The summed E-state index contributed by atoms with van der Waals surface area (Å²) in [4.78, 5) is 0. The van der Waals surface area contributed by atoms with Gasteiger partial charge in [-0.2, -0.15) is 5.10 Å². The van der Waals surface area contributed by atoms with Crippen molar-refractivity contribution in [1.82, 2.24) is 9.78 Å². The SMILES string of the molecule is CCc1nn(CC)c(CNc2cc(F)c(C)cc2F)c1Br. The van der Waals surface area contributed by atoms with Gasteiger partial charge in [0, 0.05) is 12.6 Å². The number of aryl methyl sites for hydroxylation is 3. The fourth-order valence-corrected chi connectivity index (χ4v) is 2.85. The van der Waals surface area contributed by atoms with Gasteiger partial charge in [-0.3, -0.25) is 4.68 Å². The second kappa shape index (κ2) is 6.56. The van der Waals surface area contributed by atoms with Crippen LogP contribution in [0.4, 0.5) is 14.5 Å². The normalized spacial score (nSPS) is 11.0. The van der Waals surface area contributed by atoms with E-state index in [2.05, 4.69) is 26.3 Å². The molecule has 0 aliphatic carbocycles. The van der Waals surface area contributed by atoms with E-state index in [1.54, 1.807) is 6.92 Å². The molecule has 1 N–H and O–H groups in total. The maximum atomic E-state index is 13.8. The Morgan fingerprint density at radius 2 is 1.95 bits per heavy atom. The summed E-state index contributed by atoms with van der Waals surface area (Å²) in [6.45, 7) is 6.66. The Balaban J connectivity index is 2.24. The summed E-state index contributed by atoms with van der Waals surface area (Å²) in [5, 5.41) is 7.42. The van der Waals surface area contributed by atoms with Crippen LogP contribution in [-0.2, 0) is 19.5 Å². The summed E-state index contributed by atoms with van der Waals surface area (Å²) < 4.78 is 30.1. The van der Waals surface area contributed by atoms with Crippen molar-refractivity contribution in [2.75, 3.05) is 5.32 Å². The highest BCUT2D eigenvalue weighted by Crippen LogP contribution is 2.25. The van der Waals surface area contributed by atoms with Crippen LogP contribution in [0.1, 0.15) is 30.8 Å². The van der Waals surface area contributed by atoms with Crippen molar-refractivity contribution >= 4 is 21.6 Å². The zero-order valence-corrected chi connectivity index (χ0v) is 13.9. The molecule has 0 aliphatic rings. The molecular weight excluding hydrogens is 340 g/mol. The van der Waals surface area contributed by atoms with Gasteiger partial charge in [-0.15, -0.1) is 0 Å². The van der Waals surface area contributed by atoms with Crippen molar-refractivity contribution in [3.8, 4) is 0 Å². The molecule has 0 radical (unpaired) electrons. The zero-order valence-electron chi connectivity index (χ0n) is 12.3. The maximum Gasteiger partial charge on any atom is 0.146 e. The topological polar surface area (TPSA) is 29.9 Å². The van der Waals surface area contributed by atoms with Crippen LogP contribution in [0.2, 0.25) is 0 Å². The van der Waals surface area contributed by atoms with E-state index in [1.165, 1.54) is 12.1 Å². The third-order valence-electron chi connectivity index (χ3n) is 3.39. The Morgan fingerprint density at radius 3 is 2.57 bits per heavy atom. The zero-order chi connectivity index (χ0) is 15.6. The van der Waals surface area contributed by atoms with Gasteiger partial charge in [0.1, 0.15) is 11.6 Å². The Labute approximate surface area is 131 Å². The molecule has 0 saturated heterocycles. The second-order valence-corrected chi connectivity index (χ2v) is 5.60. The Kier molecular flexibility index (Phi) is 4.98. The molecule has 0 atom stereocenters. The summed E-state index contributed by atoms with van der Waals surface area (Å²) in [5.74, 6) is -0.875. The summed E-state index contributed by atoms with van der Waals surface area (Å²) in [7, 11) is 0. The molecule has 21 heavy (non-hydrogen) atoms. The first-order valence-corrected chi connectivity index (χ1v) is 7.70. The fourth-order valence-electron chi connectivity index (χ4n) is 2.15. The Morgan fingerprint density at radius 1 is 1.24 bits per heavy atom. The summed E-state index contributed by atoms with van der Waals surface area (Å²) in [6, 6.07) is 2.38. The number of nitrogens with zero attached hydrogens (tertiary/aromatic N) is 2. The van der Waals surface area contributed by atoms with Crippen LogP contribution in [0.5, 0.6) is 0 Å². The number of halogens is 3. The average molecular weight is 358 g/mol. The number of hydrogen-bond acceptors (Lipinski definition) is 2. The van der Waals surface area contributed by atoms with Gasteiger partial charge in [-0.25, -0.2) is 8.78 Å². The molecule has 0 aliphatic heterocycles. The van der Waals surface area contributed by atoms with Gasteiger partial charge in [0.15, 0.2) is 0 Å². The summed E-state index contributed by atoms with van der Waals surface area (Å²) in [5.41, 5.74) is 2.34. The van der Waals surface area contributed by atoms with Crippen molar-refractivity contribution in [2.45, 2.75) is 40.3 Å². The Hall–Kier alpha value is -1.43. The molecule has 0 unspecified atom stereocenters. The van der Waals surface area contributed by atoms with E-state index in [-0.39, 0.29) is 5.69 Å². The predicted molar refractivity (Wildman–Crippen MR) is 83.4 cm³/mol. The van der Waals surface area contributed by atoms with Gasteiger partial charge < -0.3 is 5.32 Å². The first-order chi connectivity index (χ1) is 9.97. The molecule has 1 aromatic heterocycles. The van der Waals surface area contributed by atoms with Crippen molar-refractivity contribution < 1.29 is 8.78 Å². The molecule has 3 nitrogen and oxygen atoms in total. The van der Waals surface area contributed by atoms with Gasteiger partial charge in [0.2, 0.25) is 0 Å². The molecule has 0 amide bonds. The Bertz CT molecular complexity index is 653. The molecule has 1 aromatic carbocycles.